The van der Waals surface area contributed by atoms with E-state index < -0.39 is 8.07 Å². The summed E-state index contributed by atoms with van der Waals surface area (Å²) in [5.41, 5.74) is 1.03. The average Bonchev–Trinajstić information content (AvgIpc) is 2.08. The molecule has 0 saturated heterocycles. The van der Waals surface area contributed by atoms with Gasteiger partial charge in [-0.15, -0.1) is 0 Å². The lowest BCUT2D eigenvalue weighted by Crippen LogP contribution is -2.35. The second kappa shape index (κ2) is 4.97. The lowest BCUT2D eigenvalue weighted by molar-refractivity contribution is 0.812. The van der Waals surface area contributed by atoms with Gasteiger partial charge in [-0.3, -0.25) is 0 Å². The van der Waals surface area contributed by atoms with E-state index in [4.69, 9.17) is 0 Å². The summed E-state index contributed by atoms with van der Waals surface area (Å²) in [5.74, 6) is 0. The molecule has 1 heteroatoms. The van der Waals surface area contributed by atoms with Crippen LogP contribution in [-0.4, -0.2) is 8.07 Å². The summed E-state index contributed by atoms with van der Waals surface area (Å²) in [6.07, 6.45) is 1.39. The minimum Gasteiger partial charge on any atom is -0.0678 e. The maximum absolute atomic E-state index is 2.46. The van der Waals surface area contributed by atoms with E-state index >= 15 is 0 Å². The van der Waals surface area contributed by atoms with Crippen LogP contribution < -0.4 is 0 Å². The molecule has 68 valence electrons. The van der Waals surface area contributed by atoms with E-state index in [0.717, 1.165) is 5.54 Å². The first-order chi connectivity index (χ1) is 5.16. The molecule has 0 aromatic carbocycles. The Balaban J connectivity index is 4.26. The van der Waals surface area contributed by atoms with Gasteiger partial charge in [-0.05, 0) is 5.54 Å². The predicted octanol–water partition coefficient (Wildman–Crippen LogP) is 4.30. The summed E-state index contributed by atoms with van der Waals surface area (Å²) < 4.78 is 0. The highest BCUT2D eigenvalue weighted by Crippen LogP contribution is 2.34. The van der Waals surface area contributed by atoms with Gasteiger partial charge in [-0.1, -0.05) is 59.2 Å². The Labute approximate surface area is 73.4 Å². The summed E-state index contributed by atoms with van der Waals surface area (Å²) in [6, 6.07) is 4.44. The molecule has 0 amide bonds. The van der Waals surface area contributed by atoms with Gasteiger partial charge in [0.1, 0.15) is 0 Å². The zero-order chi connectivity index (χ0) is 8.91. The predicted molar refractivity (Wildman–Crippen MR) is 56.9 cm³/mol. The van der Waals surface area contributed by atoms with Gasteiger partial charge in [0.15, 0.2) is 0 Å². The molecule has 0 bridgehead atoms. The maximum atomic E-state index is 2.46. The molecule has 0 heterocycles. The molecule has 0 rings (SSSR count). The monoisotopic (exact) mass is 172 g/mol. The first-order valence-electron chi connectivity index (χ1n) is 5.16. The summed E-state index contributed by atoms with van der Waals surface area (Å²) in [6.45, 7) is 12.0. The van der Waals surface area contributed by atoms with Crippen LogP contribution in [0.3, 0.4) is 0 Å². The van der Waals surface area contributed by atoms with E-state index in [0.29, 0.717) is 0 Å². The van der Waals surface area contributed by atoms with Crippen molar-refractivity contribution in [2.24, 2.45) is 0 Å². The number of rotatable bonds is 5. The third kappa shape index (κ3) is 2.33. The fourth-order valence-electron chi connectivity index (χ4n) is 2.23. The zero-order valence-electron chi connectivity index (χ0n) is 8.91. The Morgan fingerprint density at radius 1 is 0.909 bits per heavy atom. The van der Waals surface area contributed by atoms with E-state index in [9.17, 15) is 0 Å². The molecule has 0 N–H and O–H groups in total. The molecular formula is C10H24Si. The van der Waals surface area contributed by atoms with Crippen molar-refractivity contribution in [1.82, 2.24) is 0 Å². The quantitative estimate of drug-likeness (QED) is 0.543. The van der Waals surface area contributed by atoms with Crippen molar-refractivity contribution in [2.75, 3.05) is 0 Å². The van der Waals surface area contributed by atoms with Gasteiger partial charge in [0.25, 0.3) is 0 Å². The molecule has 0 aliphatic carbocycles. The minimum atomic E-state index is -0.821. The van der Waals surface area contributed by atoms with Gasteiger partial charge in [-0.25, -0.2) is 0 Å². The van der Waals surface area contributed by atoms with Gasteiger partial charge in [0.05, 0.1) is 8.07 Å². The summed E-state index contributed by atoms with van der Waals surface area (Å²) in [4.78, 5) is 0. The Morgan fingerprint density at radius 3 is 1.36 bits per heavy atom. The van der Waals surface area contributed by atoms with Gasteiger partial charge in [0, 0.05) is 0 Å². The summed E-state index contributed by atoms with van der Waals surface area (Å²) in [7, 11) is -0.821. The van der Waals surface area contributed by atoms with E-state index in [-0.39, 0.29) is 0 Å². The van der Waals surface area contributed by atoms with Crippen LogP contribution in [0.2, 0.25) is 23.7 Å². The second-order valence-electron chi connectivity index (χ2n) is 3.73. The molecule has 0 spiro atoms. The van der Waals surface area contributed by atoms with E-state index in [1.807, 2.05) is 0 Å². The first-order valence-corrected chi connectivity index (χ1v) is 7.86. The molecule has 0 nitrogen and oxygen atoms in total. The Bertz CT molecular complexity index is 86.8. The topological polar surface area (TPSA) is 0 Å². The molecule has 0 fully saturated rings. The standard InChI is InChI=1S/C10H24Si/c1-6-10(5)11(7-2,8-3)9-4/h10H,6-9H2,1-5H3. The number of hydrogen-bond donors (Lipinski definition) is 0. The third-order valence-electron chi connectivity index (χ3n) is 3.77. The smallest absolute Gasteiger partial charge is 0.0555 e. The third-order valence-corrected chi connectivity index (χ3v) is 10.5. The van der Waals surface area contributed by atoms with E-state index in [2.05, 4.69) is 34.6 Å². The molecule has 0 radical (unpaired) electrons. The zero-order valence-corrected chi connectivity index (χ0v) is 9.91. The lowest BCUT2D eigenvalue weighted by Gasteiger charge is -2.34. The van der Waals surface area contributed by atoms with Crippen molar-refractivity contribution in [1.29, 1.82) is 0 Å². The molecule has 0 aliphatic rings. The van der Waals surface area contributed by atoms with Crippen molar-refractivity contribution in [3.8, 4) is 0 Å². The van der Waals surface area contributed by atoms with Gasteiger partial charge < -0.3 is 0 Å². The highest BCUT2D eigenvalue weighted by molar-refractivity contribution is 6.80. The van der Waals surface area contributed by atoms with Crippen molar-refractivity contribution >= 4 is 8.07 Å². The highest BCUT2D eigenvalue weighted by Gasteiger charge is 2.31. The van der Waals surface area contributed by atoms with Crippen LogP contribution in [-0.2, 0) is 0 Å². The molecular weight excluding hydrogens is 148 g/mol. The van der Waals surface area contributed by atoms with Crippen molar-refractivity contribution in [3.63, 3.8) is 0 Å². The molecule has 0 aromatic rings. The maximum Gasteiger partial charge on any atom is 0.0555 e. The Morgan fingerprint density at radius 2 is 1.27 bits per heavy atom. The fourth-order valence-corrected chi connectivity index (χ4v) is 6.69. The largest absolute Gasteiger partial charge is 0.0678 e. The van der Waals surface area contributed by atoms with Gasteiger partial charge in [-0.2, -0.15) is 0 Å². The van der Waals surface area contributed by atoms with Crippen molar-refractivity contribution < 1.29 is 0 Å². The van der Waals surface area contributed by atoms with Crippen LogP contribution in [0.4, 0.5) is 0 Å². The summed E-state index contributed by atoms with van der Waals surface area (Å²) >= 11 is 0. The number of hydrogen-bond acceptors (Lipinski definition) is 0. The summed E-state index contributed by atoms with van der Waals surface area (Å²) in [5, 5.41) is 0. The van der Waals surface area contributed by atoms with Crippen LogP contribution in [0.5, 0.6) is 0 Å². The lowest BCUT2D eigenvalue weighted by atomic mass is 10.4. The fraction of sp³-hybridized carbons (Fsp3) is 1.00. The average molecular weight is 172 g/mol. The Hall–Kier alpha value is 0.217. The van der Waals surface area contributed by atoms with Crippen LogP contribution in [0, 0.1) is 0 Å². The van der Waals surface area contributed by atoms with E-state index in [1.165, 1.54) is 24.6 Å². The van der Waals surface area contributed by atoms with Crippen molar-refractivity contribution in [2.45, 2.75) is 64.7 Å². The van der Waals surface area contributed by atoms with Crippen molar-refractivity contribution in [3.05, 3.63) is 0 Å². The molecule has 1 atom stereocenters. The normalized spacial score (nSPS) is 15.0. The molecule has 0 aromatic heterocycles. The first kappa shape index (κ1) is 11.2. The van der Waals surface area contributed by atoms with Crippen LogP contribution in [0.1, 0.15) is 41.0 Å². The molecule has 11 heavy (non-hydrogen) atoms. The Kier molecular flexibility index (Phi) is 5.07. The van der Waals surface area contributed by atoms with Crippen LogP contribution >= 0.6 is 0 Å². The molecule has 0 saturated carbocycles. The minimum absolute atomic E-state index is 0.821. The SMILES string of the molecule is CCC(C)[Si](CC)(CC)CC. The molecule has 0 aliphatic heterocycles. The molecule has 1 unspecified atom stereocenters. The second-order valence-corrected chi connectivity index (χ2v) is 9.56. The highest BCUT2D eigenvalue weighted by atomic mass is 28.3. The van der Waals surface area contributed by atoms with Gasteiger partial charge >= 0.3 is 0 Å². The van der Waals surface area contributed by atoms with Crippen LogP contribution in [0.25, 0.3) is 0 Å². The van der Waals surface area contributed by atoms with Gasteiger partial charge in [0.2, 0.25) is 0 Å². The van der Waals surface area contributed by atoms with E-state index in [1.54, 1.807) is 0 Å². The van der Waals surface area contributed by atoms with Crippen LogP contribution in [0.15, 0.2) is 0 Å².